The van der Waals surface area contributed by atoms with E-state index in [9.17, 15) is 18.0 Å². The van der Waals surface area contributed by atoms with Crippen LogP contribution in [0.25, 0.3) is 0 Å². The molecule has 2 amide bonds. The van der Waals surface area contributed by atoms with Gasteiger partial charge in [0.15, 0.2) is 15.7 Å². The van der Waals surface area contributed by atoms with Crippen LogP contribution in [0.3, 0.4) is 0 Å². The fraction of sp³-hybridized carbons (Fsp3) is 0.522. The van der Waals surface area contributed by atoms with Gasteiger partial charge in [-0.15, -0.1) is 5.10 Å². The van der Waals surface area contributed by atoms with Gasteiger partial charge in [0.1, 0.15) is 11.9 Å². The first-order chi connectivity index (χ1) is 16.2. The Balaban J connectivity index is 1.30. The third-order valence-electron chi connectivity index (χ3n) is 6.05. The van der Waals surface area contributed by atoms with Crippen molar-refractivity contribution in [2.24, 2.45) is 0 Å². The fourth-order valence-electron chi connectivity index (χ4n) is 4.34. The first-order valence-corrected chi connectivity index (χ1v) is 13.3. The summed E-state index contributed by atoms with van der Waals surface area (Å²) in [5.74, 6) is 1.27. The lowest BCUT2D eigenvalue weighted by Gasteiger charge is -2.34. The number of anilines is 1. The van der Waals surface area contributed by atoms with Gasteiger partial charge in [0.05, 0.1) is 11.5 Å². The second-order valence-electron chi connectivity index (χ2n) is 9.00. The normalized spacial score (nSPS) is 19.1. The number of piperazine rings is 1. The van der Waals surface area contributed by atoms with E-state index in [0.29, 0.717) is 31.7 Å². The molecule has 0 radical (unpaired) electrons. The highest BCUT2D eigenvalue weighted by atomic mass is 32.2. The molecule has 0 unspecified atom stereocenters. The van der Waals surface area contributed by atoms with Gasteiger partial charge in [-0.3, -0.25) is 9.69 Å². The summed E-state index contributed by atoms with van der Waals surface area (Å²) in [6, 6.07) is 7.53. The summed E-state index contributed by atoms with van der Waals surface area (Å²) in [6.07, 6.45) is 2.55. The van der Waals surface area contributed by atoms with Gasteiger partial charge in [0, 0.05) is 51.9 Å². The number of sulfone groups is 1. The lowest BCUT2D eigenvalue weighted by atomic mass is 10.1. The Kier molecular flexibility index (Phi) is 7.22. The van der Waals surface area contributed by atoms with Gasteiger partial charge >= 0.3 is 6.03 Å². The molecule has 2 saturated heterocycles. The molecule has 2 aromatic rings. The van der Waals surface area contributed by atoms with Crippen LogP contribution >= 0.6 is 0 Å². The number of ether oxygens (including phenoxy) is 1. The van der Waals surface area contributed by atoms with Gasteiger partial charge in [-0.05, 0) is 43.0 Å². The van der Waals surface area contributed by atoms with E-state index in [1.165, 1.54) is 11.6 Å². The lowest BCUT2D eigenvalue weighted by molar-refractivity contribution is -0.114. The molecule has 2 aliphatic heterocycles. The number of aryl methyl sites for hydroxylation is 1. The summed E-state index contributed by atoms with van der Waals surface area (Å²) in [7, 11) is -2.91. The van der Waals surface area contributed by atoms with Crippen molar-refractivity contribution in [3.8, 4) is 5.75 Å². The zero-order valence-electron chi connectivity index (χ0n) is 19.6. The Labute approximate surface area is 199 Å². The van der Waals surface area contributed by atoms with Crippen LogP contribution in [0.1, 0.15) is 30.9 Å². The van der Waals surface area contributed by atoms with Crippen molar-refractivity contribution in [2.45, 2.75) is 39.3 Å². The first-order valence-electron chi connectivity index (χ1n) is 11.5. The number of aromatic nitrogens is 2. The topological polar surface area (TPSA) is 114 Å². The molecular weight excluding hydrogens is 458 g/mol. The average Bonchev–Trinajstić information content (AvgIpc) is 3.23. The van der Waals surface area contributed by atoms with Gasteiger partial charge in [-0.2, -0.15) is 4.68 Å². The summed E-state index contributed by atoms with van der Waals surface area (Å²) in [6.45, 7) is 6.79. The third-order valence-corrected chi connectivity index (χ3v) is 7.77. The standard InChI is InChI=1S/C23H31N5O5S/c1-17-13-19(15-21(14-17)33-20-4-11-34(31,32)12-5-20)16-26-7-9-27(10-8-26)23(30)28-6-3-22(25-28)24-18(2)29/h3,6,13-15,20H,4-5,7-12,16H2,1-2H3,(H,24,25,29). The highest BCUT2D eigenvalue weighted by Gasteiger charge is 2.26. The Morgan fingerprint density at radius 2 is 1.82 bits per heavy atom. The van der Waals surface area contributed by atoms with Gasteiger partial charge in [-0.1, -0.05) is 6.07 Å². The predicted molar refractivity (Wildman–Crippen MR) is 128 cm³/mol. The number of nitrogens with zero attached hydrogens (tertiary/aromatic N) is 4. The van der Waals surface area contributed by atoms with Gasteiger partial charge in [0.2, 0.25) is 5.91 Å². The summed E-state index contributed by atoms with van der Waals surface area (Å²) >= 11 is 0. The number of nitrogens with one attached hydrogen (secondary N) is 1. The lowest BCUT2D eigenvalue weighted by Crippen LogP contribution is -2.49. The monoisotopic (exact) mass is 489 g/mol. The van der Waals surface area contributed by atoms with Gasteiger partial charge in [-0.25, -0.2) is 13.2 Å². The molecular formula is C23H31N5O5S. The molecule has 2 fully saturated rings. The quantitative estimate of drug-likeness (QED) is 0.682. The molecule has 0 aliphatic carbocycles. The third kappa shape index (κ3) is 6.35. The Bertz CT molecular complexity index is 1140. The number of rotatable bonds is 5. The number of amides is 2. The molecule has 0 spiro atoms. The molecule has 184 valence electrons. The van der Waals surface area contributed by atoms with Crippen molar-refractivity contribution in [1.29, 1.82) is 0 Å². The number of carbonyl (C=O) groups is 2. The Hall–Kier alpha value is -2.92. The number of carbonyl (C=O) groups excluding carboxylic acids is 2. The van der Waals surface area contributed by atoms with E-state index in [0.717, 1.165) is 36.5 Å². The minimum atomic E-state index is -2.91. The van der Waals surface area contributed by atoms with Crippen LogP contribution < -0.4 is 10.1 Å². The highest BCUT2D eigenvalue weighted by molar-refractivity contribution is 7.91. The van der Waals surface area contributed by atoms with E-state index in [2.05, 4.69) is 21.4 Å². The fourth-order valence-corrected chi connectivity index (χ4v) is 5.79. The van der Waals surface area contributed by atoms with Gasteiger partial charge in [0.25, 0.3) is 0 Å². The van der Waals surface area contributed by atoms with Crippen molar-refractivity contribution >= 4 is 27.6 Å². The first kappa shape index (κ1) is 24.2. The Morgan fingerprint density at radius 3 is 2.50 bits per heavy atom. The number of hydrogen-bond acceptors (Lipinski definition) is 7. The van der Waals surface area contributed by atoms with Crippen molar-refractivity contribution in [3.05, 3.63) is 41.6 Å². The maximum atomic E-state index is 12.7. The predicted octanol–water partition coefficient (Wildman–Crippen LogP) is 1.89. The number of hydrogen-bond donors (Lipinski definition) is 1. The van der Waals surface area contributed by atoms with Gasteiger partial charge < -0.3 is 15.0 Å². The van der Waals surface area contributed by atoms with Crippen molar-refractivity contribution in [2.75, 3.05) is 43.0 Å². The zero-order valence-corrected chi connectivity index (χ0v) is 20.4. The summed E-state index contributed by atoms with van der Waals surface area (Å²) in [5, 5.41) is 6.69. The number of benzene rings is 1. The Morgan fingerprint density at radius 1 is 1.12 bits per heavy atom. The molecule has 11 heteroatoms. The molecule has 1 N–H and O–H groups in total. The van der Waals surface area contributed by atoms with Crippen molar-refractivity contribution < 1.29 is 22.7 Å². The molecule has 10 nitrogen and oxygen atoms in total. The smallest absolute Gasteiger partial charge is 0.344 e. The molecule has 1 aromatic heterocycles. The van der Waals surface area contributed by atoms with Crippen LogP contribution in [-0.4, -0.2) is 83.7 Å². The molecule has 3 heterocycles. The molecule has 4 rings (SSSR count). The van der Waals surface area contributed by atoms with Crippen LogP contribution in [0.15, 0.2) is 30.5 Å². The summed E-state index contributed by atoms with van der Waals surface area (Å²) in [5.41, 5.74) is 2.23. The van der Waals surface area contributed by atoms with Crippen LogP contribution in [0.5, 0.6) is 5.75 Å². The van der Waals surface area contributed by atoms with Crippen LogP contribution in [0.4, 0.5) is 10.6 Å². The van der Waals surface area contributed by atoms with Crippen LogP contribution in [0.2, 0.25) is 0 Å². The van der Waals surface area contributed by atoms with Crippen molar-refractivity contribution in [1.82, 2.24) is 19.6 Å². The molecule has 0 atom stereocenters. The van der Waals surface area contributed by atoms with Crippen LogP contribution in [-0.2, 0) is 21.2 Å². The second-order valence-corrected chi connectivity index (χ2v) is 11.3. The largest absolute Gasteiger partial charge is 0.490 e. The second kappa shape index (κ2) is 10.1. The van der Waals surface area contributed by atoms with E-state index < -0.39 is 9.84 Å². The SMILES string of the molecule is CC(=O)Nc1ccn(C(=O)N2CCN(Cc3cc(C)cc(OC4CCS(=O)(=O)CC4)c3)CC2)n1. The van der Waals surface area contributed by atoms with Crippen LogP contribution in [0, 0.1) is 6.92 Å². The summed E-state index contributed by atoms with van der Waals surface area (Å²) < 4.78 is 30.7. The minimum absolute atomic E-state index is 0.0683. The molecule has 0 bridgehead atoms. The highest BCUT2D eigenvalue weighted by Crippen LogP contribution is 2.24. The molecule has 2 aliphatic rings. The molecule has 0 saturated carbocycles. The average molecular weight is 490 g/mol. The van der Waals surface area contributed by atoms with E-state index in [1.54, 1.807) is 17.2 Å². The molecule has 34 heavy (non-hydrogen) atoms. The minimum Gasteiger partial charge on any atom is -0.490 e. The van der Waals surface area contributed by atoms with E-state index in [-0.39, 0.29) is 29.5 Å². The van der Waals surface area contributed by atoms with E-state index in [4.69, 9.17) is 4.74 Å². The molecule has 1 aromatic carbocycles. The van der Waals surface area contributed by atoms with E-state index >= 15 is 0 Å². The van der Waals surface area contributed by atoms with Crippen molar-refractivity contribution in [3.63, 3.8) is 0 Å². The summed E-state index contributed by atoms with van der Waals surface area (Å²) in [4.78, 5) is 27.9. The maximum absolute atomic E-state index is 12.7. The zero-order chi connectivity index (χ0) is 24.3. The van der Waals surface area contributed by atoms with E-state index in [1.807, 2.05) is 19.1 Å². The maximum Gasteiger partial charge on any atom is 0.344 e.